The molecule has 0 aliphatic rings. The Balaban J connectivity index is 1.72. The van der Waals surface area contributed by atoms with Crippen LogP contribution in [0.5, 0.6) is 5.75 Å². The van der Waals surface area contributed by atoms with Gasteiger partial charge in [-0.05, 0) is 36.8 Å². The quantitative estimate of drug-likeness (QED) is 0.669. The van der Waals surface area contributed by atoms with Gasteiger partial charge in [0.2, 0.25) is 0 Å². The average molecular weight is 329 g/mol. The molecule has 0 saturated heterocycles. The number of rotatable bonds is 6. The number of nitrogens with zero attached hydrogens (tertiary/aromatic N) is 3. The maximum Gasteiger partial charge on any atom is 0.297 e. The lowest BCUT2D eigenvalue weighted by molar-refractivity contribution is 0.134. The van der Waals surface area contributed by atoms with Crippen molar-refractivity contribution in [2.75, 3.05) is 0 Å². The fourth-order valence-corrected chi connectivity index (χ4v) is 2.31. The predicted octanol–water partition coefficient (Wildman–Crippen LogP) is 4.48. The SMILES string of the molecule is CCn1nc(-c2ccc(OCc3ccccc3)cc2)nc1C(F)F. The van der Waals surface area contributed by atoms with Gasteiger partial charge in [-0.3, -0.25) is 0 Å². The normalized spacial score (nSPS) is 11.0. The van der Waals surface area contributed by atoms with Gasteiger partial charge in [0.25, 0.3) is 6.43 Å². The van der Waals surface area contributed by atoms with E-state index in [9.17, 15) is 8.78 Å². The van der Waals surface area contributed by atoms with Gasteiger partial charge in [0.15, 0.2) is 11.6 Å². The molecule has 2 aromatic carbocycles. The fourth-order valence-electron chi connectivity index (χ4n) is 2.31. The van der Waals surface area contributed by atoms with Crippen molar-refractivity contribution in [3.63, 3.8) is 0 Å². The first kappa shape index (κ1) is 16.1. The van der Waals surface area contributed by atoms with Crippen molar-refractivity contribution in [1.82, 2.24) is 14.8 Å². The van der Waals surface area contributed by atoms with Gasteiger partial charge in [-0.25, -0.2) is 18.4 Å². The van der Waals surface area contributed by atoms with Crippen LogP contribution in [0.1, 0.15) is 24.7 Å². The monoisotopic (exact) mass is 329 g/mol. The molecule has 3 rings (SSSR count). The van der Waals surface area contributed by atoms with Crippen molar-refractivity contribution in [3.05, 3.63) is 66.0 Å². The Morgan fingerprint density at radius 2 is 1.75 bits per heavy atom. The third-order valence-corrected chi connectivity index (χ3v) is 3.56. The lowest BCUT2D eigenvalue weighted by Crippen LogP contribution is -2.03. The Morgan fingerprint density at radius 1 is 1.04 bits per heavy atom. The van der Waals surface area contributed by atoms with E-state index in [1.807, 2.05) is 30.3 Å². The molecule has 0 atom stereocenters. The van der Waals surface area contributed by atoms with Crippen LogP contribution in [0.15, 0.2) is 54.6 Å². The van der Waals surface area contributed by atoms with E-state index in [4.69, 9.17) is 4.74 Å². The first-order chi connectivity index (χ1) is 11.7. The van der Waals surface area contributed by atoms with Crippen LogP contribution in [0.25, 0.3) is 11.4 Å². The molecule has 0 fully saturated rings. The average Bonchev–Trinajstić information content (AvgIpc) is 3.06. The number of benzene rings is 2. The van der Waals surface area contributed by atoms with Crippen LogP contribution < -0.4 is 4.74 Å². The van der Waals surface area contributed by atoms with Gasteiger partial charge in [-0.1, -0.05) is 30.3 Å². The summed E-state index contributed by atoms with van der Waals surface area (Å²) >= 11 is 0. The van der Waals surface area contributed by atoms with Crippen molar-refractivity contribution in [2.24, 2.45) is 0 Å². The topological polar surface area (TPSA) is 39.9 Å². The van der Waals surface area contributed by atoms with Crippen LogP contribution in [0.2, 0.25) is 0 Å². The van der Waals surface area contributed by atoms with Crippen LogP contribution >= 0.6 is 0 Å². The molecule has 0 unspecified atom stereocenters. The zero-order chi connectivity index (χ0) is 16.9. The van der Waals surface area contributed by atoms with Crippen molar-refractivity contribution in [3.8, 4) is 17.1 Å². The van der Waals surface area contributed by atoms with E-state index >= 15 is 0 Å². The highest BCUT2D eigenvalue weighted by Gasteiger charge is 2.18. The molecule has 1 heterocycles. The van der Waals surface area contributed by atoms with Crippen LogP contribution in [0, 0.1) is 0 Å². The Labute approximate surface area is 138 Å². The summed E-state index contributed by atoms with van der Waals surface area (Å²) in [4.78, 5) is 3.94. The Hall–Kier alpha value is -2.76. The summed E-state index contributed by atoms with van der Waals surface area (Å²) in [5.41, 5.74) is 1.75. The minimum Gasteiger partial charge on any atom is -0.489 e. The van der Waals surface area contributed by atoms with Crippen molar-refractivity contribution >= 4 is 0 Å². The molecule has 0 aliphatic heterocycles. The van der Waals surface area contributed by atoms with Gasteiger partial charge in [-0.15, -0.1) is 0 Å². The minimum atomic E-state index is -2.64. The zero-order valence-corrected chi connectivity index (χ0v) is 13.2. The van der Waals surface area contributed by atoms with E-state index in [1.165, 1.54) is 4.68 Å². The predicted molar refractivity (Wildman–Crippen MR) is 86.9 cm³/mol. The molecular formula is C18H17F2N3O. The van der Waals surface area contributed by atoms with E-state index < -0.39 is 6.43 Å². The molecule has 0 saturated carbocycles. The molecule has 6 heteroatoms. The van der Waals surface area contributed by atoms with Crippen LogP contribution in [0.4, 0.5) is 8.78 Å². The summed E-state index contributed by atoms with van der Waals surface area (Å²) < 4.78 is 32.8. The van der Waals surface area contributed by atoms with Gasteiger partial charge in [0.1, 0.15) is 12.4 Å². The van der Waals surface area contributed by atoms with Gasteiger partial charge in [0, 0.05) is 12.1 Å². The van der Waals surface area contributed by atoms with Crippen molar-refractivity contribution < 1.29 is 13.5 Å². The van der Waals surface area contributed by atoms with E-state index in [-0.39, 0.29) is 5.82 Å². The standard InChI is InChI=1S/C18H17F2N3O/c1-2-23-18(16(19)20)21-17(22-23)14-8-10-15(11-9-14)24-12-13-6-4-3-5-7-13/h3-11,16H,2,12H2,1H3. The number of hydrogen-bond acceptors (Lipinski definition) is 3. The highest BCUT2D eigenvalue weighted by atomic mass is 19.3. The summed E-state index contributed by atoms with van der Waals surface area (Å²) in [7, 11) is 0. The molecule has 24 heavy (non-hydrogen) atoms. The molecule has 124 valence electrons. The molecule has 1 aromatic heterocycles. The number of aryl methyl sites for hydroxylation is 1. The summed E-state index contributed by atoms with van der Waals surface area (Å²) in [5, 5.41) is 4.13. The Morgan fingerprint density at radius 3 is 2.33 bits per heavy atom. The fraction of sp³-hybridized carbons (Fsp3) is 0.222. The summed E-state index contributed by atoms with van der Waals surface area (Å²) in [5.74, 6) is 0.685. The molecule has 0 aliphatic carbocycles. The molecule has 0 amide bonds. The largest absolute Gasteiger partial charge is 0.489 e. The second-order valence-corrected chi connectivity index (χ2v) is 5.21. The third-order valence-electron chi connectivity index (χ3n) is 3.56. The smallest absolute Gasteiger partial charge is 0.297 e. The van der Waals surface area contributed by atoms with E-state index in [0.29, 0.717) is 30.3 Å². The number of halogens is 2. The highest BCUT2D eigenvalue weighted by Crippen LogP contribution is 2.24. The number of alkyl halides is 2. The molecule has 0 radical (unpaired) electrons. The van der Waals surface area contributed by atoms with E-state index in [2.05, 4.69) is 10.1 Å². The van der Waals surface area contributed by atoms with Crippen LogP contribution in [0.3, 0.4) is 0 Å². The lowest BCUT2D eigenvalue weighted by Gasteiger charge is -2.06. The summed E-state index contributed by atoms with van der Waals surface area (Å²) in [6, 6.07) is 16.9. The van der Waals surface area contributed by atoms with E-state index in [1.54, 1.807) is 31.2 Å². The Kier molecular flexibility index (Phi) is 4.84. The first-order valence-corrected chi connectivity index (χ1v) is 7.67. The Bertz CT molecular complexity index is 786. The highest BCUT2D eigenvalue weighted by molar-refractivity contribution is 5.56. The second kappa shape index (κ2) is 7.21. The maximum absolute atomic E-state index is 12.9. The molecular weight excluding hydrogens is 312 g/mol. The molecule has 0 spiro atoms. The van der Waals surface area contributed by atoms with Gasteiger partial charge >= 0.3 is 0 Å². The molecule has 3 aromatic rings. The van der Waals surface area contributed by atoms with Crippen molar-refractivity contribution in [2.45, 2.75) is 26.5 Å². The third kappa shape index (κ3) is 3.59. The van der Waals surface area contributed by atoms with Gasteiger partial charge in [0.05, 0.1) is 0 Å². The minimum absolute atomic E-state index is 0.293. The zero-order valence-electron chi connectivity index (χ0n) is 13.2. The number of ether oxygens (including phenoxy) is 1. The number of hydrogen-bond donors (Lipinski definition) is 0. The summed E-state index contributed by atoms with van der Waals surface area (Å²) in [6.45, 7) is 2.58. The first-order valence-electron chi connectivity index (χ1n) is 7.67. The maximum atomic E-state index is 12.9. The van der Waals surface area contributed by atoms with Crippen molar-refractivity contribution in [1.29, 1.82) is 0 Å². The van der Waals surface area contributed by atoms with Crippen LogP contribution in [-0.2, 0) is 13.2 Å². The van der Waals surface area contributed by atoms with Gasteiger partial charge < -0.3 is 4.74 Å². The molecule has 4 nitrogen and oxygen atoms in total. The summed E-state index contributed by atoms with van der Waals surface area (Å²) in [6.07, 6.45) is -2.64. The molecule has 0 bridgehead atoms. The van der Waals surface area contributed by atoms with Crippen LogP contribution in [-0.4, -0.2) is 14.8 Å². The van der Waals surface area contributed by atoms with Gasteiger partial charge in [-0.2, -0.15) is 5.10 Å². The van der Waals surface area contributed by atoms with E-state index in [0.717, 1.165) is 5.56 Å². The second-order valence-electron chi connectivity index (χ2n) is 5.21. The number of aromatic nitrogens is 3. The molecule has 0 N–H and O–H groups in total. The lowest BCUT2D eigenvalue weighted by atomic mass is 10.2.